The van der Waals surface area contributed by atoms with Gasteiger partial charge < -0.3 is 24.3 Å². The molecule has 0 saturated carbocycles. The average Bonchev–Trinajstić information content (AvgIpc) is 2.87. The Balaban J connectivity index is 1.40. The fourth-order valence-corrected chi connectivity index (χ4v) is 4.60. The molecule has 0 amide bonds. The Kier molecular flexibility index (Phi) is 7.87. The van der Waals surface area contributed by atoms with Gasteiger partial charge in [-0.25, -0.2) is 14.4 Å². The summed E-state index contributed by atoms with van der Waals surface area (Å²) in [7, 11) is 0. The van der Waals surface area contributed by atoms with E-state index in [9.17, 15) is 9.18 Å². The molecule has 9 nitrogen and oxygen atoms in total. The predicted octanol–water partition coefficient (Wildman–Crippen LogP) is 4.35. The lowest BCUT2D eigenvalue weighted by Gasteiger charge is -2.30. The third-order valence-corrected chi connectivity index (χ3v) is 6.50. The number of cyclic esters (lactones) is 1. The molecule has 3 heterocycles. The second-order valence-electron chi connectivity index (χ2n) is 9.11. The van der Waals surface area contributed by atoms with Crippen molar-refractivity contribution in [2.45, 2.75) is 32.0 Å². The Morgan fingerprint density at radius 1 is 1.19 bits per heavy atom. The Labute approximate surface area is 218 Å². The molecule has 0 radical (unpaired) electrons. The van der Waals surface area contributed by atoms with E-state index in [4.69, 9.17) is 30.5 Å². The van der Waals surface area contributed by atoms with Crippen LogP contribution in [0.3, 0.4) is 0 Å². The van der Waals surface area contributed by atoms with Crippen molar-refractivity contribution in [2.75, 3.05) is 44.8 Å². The van der Waals surface area contributed by atoms with Gasteiger partial charge in [-0.05, 0) is 31.2 Å². The summed E-state index contributed by atoms with van der Waals surface area (Å²) in [6.07, 6.45) is 2.87. The largest absolute Gasteiger partial charge is 0.488 e. The smallest absolute Gasteiger partial charge is 0.320 e. The molecule has 1 atom stereocenters. The minimum absolute atomic E-state index is 0.00653. The molecule has 1 unspecified atom stereocenters. The maximum Gasteiger partial charge on any atom is 0.320 e. The lowest BCUT2D eigenvalue weighted by molar-refractivity contribution is -0.157. The number of halogens is 2. The first-order chi connectivity index (χ1) is 17.9. The molecule has 3 aromatic rings. The first-order valence-electron chi connectivity index (χ1n) is 12.2. The van der Waals surface area contributed by atoms with Crippen LogP contribution in [0.5, 0.6) is 11.5 Å². The summed E-state index contributed by atoms with van der Waals surface area (Å²) in [5.41, 5.74) is 1.25. The highest BCUT2D eigenvalue weighted by atomic mass is 35.5. The van der Waals surface area contributed by atoms with Gasteiger partial charge in [-0.1, -0.05) is 11.6 Å². The van der Waals surface area contributed by atoms with Gasteiger partial charge in [0, 0.05) is 43.1 Å². The highest BCUT2D eigenvalue weighted by Crippen LogP contribution is 2.36. The second-order valence-corrected chi connectivity index (χ2v) is 9.51. The van der Waals surface area contributed by atoms with Gasteiger partial charge in [-0.3, -0.25) is 9.69 Å². The van der Waals surface area contributed by atoms with Crippen molar-refractivity contribution in [1.82, 2.24) is 14.9 Å². The minimum atomic E-state index is -0.498. The Morgan fingerprint density at radius 2 is 2.03 bits per heavy atom. The molecule has 1 aromatic heterocycles. The summed E-state index contributed by atoms with van der Waals surface area (Å²) in [6, 6.07) is 8.05. The number of anilines is 2. The Bertz CT molecular complexity index is 1270. The number of esters is 1. The van der Waals surface area contributed by atoms with Crippen LogP contribution in [-0.4, -0.2) is 72.5 Å². The van der Waals surface area contributed by atoms with Crippen molar-refractivity contribution >= 4 is 40.0 Å². The van der Waals surface area contributed by atoms with E-state index >= 15 is 0 Å². The van der Waals surface area contributed by atoms with E-state index < -0.39 is 5.82 Å². The molecule has 2 aliphatic rings. The van der Waals surface area contributed by atoms with Gasteiger partial charge in [-0.15, -0.1) is 0 Å². The summed E-state index contributed by atoms with van der Waals surface area (Å²) in [5, 5.41) is 3.90. The normalized spacial score (nSPS) is 19.0. The van der Waals surface area contributed by atoms with Gasteiger partial charge >= 0.3 is 5.97 Å². The molecule has 2 saturated heterocycles. The minimum Gasteiger partial charge on any atom is -0.488 e. The molecule has 0 aliphatic carbocycles. The van der Waals surface area contributed by atoms with Crippen LogP contribution in [0.2, 0.25) is 5.02 Å². The van der Waals surface area contributed by atoms with Crippen molar-refractivity contribution in [2.24, 2.45) is 0 Å². The van der Waals surface area contributed by atoms with Crippen LogP contribution in [0.1, 0.15) is 19.8 Å². The van der Waals surface area contributed by atoms with Gasteiger partial charge in [0.25, 0.3) is 0 Å². The van der Waals surface area contributed by atoms with Crippen molar-refractivity contribution in [3.8, 4) is 11.5 Å². The van der Waals surface area contributed by atoms with E-state index in [1.807, 2.05) is 24.0 Å². The highest BCUT2D eigenvalue weighted by molar-refractivity contribution is 6.31. The van der Waals surface area contributed by atoms with Crippen LogP contribution >= 0.6 is 11.6 Å². The standard InChI is InChI=1S/C26H28ClFN4O5/c1-16-13-32(14-25(33)36-16)6-9-35-23-11-19-22(12-24(23)37-18-4-7-34-8-5-18)29-15-30-26(19)31-17-2-3-21(28)20(27)10-17/h2-3,10-12,15-16,18H,4-9,13-14H2,1H3,(H,29,30,31). The van der Waals surface area contributed by atoms with E-state index in [-0.39, 0.29) is 29.7 Å². The number of rotatable bonds is 8. The van der Waals surface area contributed by atoms with Crippen LogP contribution < -0.4 is 14.8 Å². The third kappa shape index (κ3) is 6.38. The molecular weight excluding hydrogens is 503 g/mol. The zero-order valence-electron chi connectivity index (χ0n) is 20.4. The third-order valence-electron chi connectivity index (χ3n) is 6.21. The maximum atomic E-state index is 13.6. The summed E-state index contributed by atoms with van der Waals surface area (Å²) < 4.78 is 36.8. The van der Waals surface area contributed by atoms with Gasteiger partial charge in [0.05, 0.1) is 30.3 Å². The van der Waals surface area contributed by atoms with Gasteiger partial charge in [-0.2, -0.15) is 0 Å². The number of aromatic nitrogens is 2. The molecule has 37 heavy (non-hydrogen) atoms. The number of nitrogens with one attached hydrogen (secondary N) is 1. The van der Waals surface area contributed by atoms with Crippen molar-refractivity contribution < 1.29 is 28.1 Å². The first kappa shape index (κ1) is 25.4. The molecule has 2 aromatic carbocycles. The monoisotopic (exact) mass is 530 g/mol. The quantitative estimate of drug-likeness (QED) is 0.426. The second kappa shape index (κ2) is 11.5. The first-order valence-corrected chi connectivity index (χ1v) is 12.6. The number of hydrogen-bond donors (Lipinski definition) is 1. The fourth-order valence-electron chi connectivity index (χ4n) is 4.42. The summed E-state index contributed by atoms with van der Waals surface area (Å²) >= 11 is 5.95. The van der Waals surface area contributed by atoms with Gasteiger partial charge in [0.2, 0.25) is 0 Å². The number of carbonyl (C=O) groups is 1. The van der Waals surface area contributed by atoms with Crippen LogP contribution in [0, 0.1) is 5.82 Å². The summed E-state index contributed by atoms with van der Waals surface area (Å²) in [5.74, 6) is 0.910. The van der Waals surface area contributed by atoms with Gasteiger partial charge in [0.15, 0.2) is 11.5 Å². The predicted molar refractivity (Wildman–Crippen MR) is 136 cm³/mol. The zero-order chi connectivity index (χ0) is 25.8. The molecule has 1 N–H and O–H groups in total. The Hall–Kier alpha value is -3.21. The SMILES string of the molecule is CC1CN(CCOc2cc3c(Nc4ccc(F)c(Cl)c4)ncnc3cc2OC2CCOCC2)CC(=O)O1. The highest BCUT2D eigenvalue weighted by Gasteiger charge is 2.24. The Morgan fingerprint density at radius 3 is 2.81 bits per heavy atom. The van der Waals surface area contributed by atoms with Gasteiger partial charge in [0.1, 0.15) is 36.8 Å². The van der Waals surface area contributed by atoms with Crippen molar-refractivity contribution in [3.63, 3.8) is 0 Å². The zero-order valence-corrected chi connectivity index (χ0v) is 21.2. The molecule has 5 rings (SSSR count). The van der Waals surface area contributed by atoms with Crippen molar-refractivity contribution in [3.05, 3.63) is 47.5 Å². The van der Waals surface area contributed by atoms with Crippen LogP contribution in [0.4, 0.5) is 15.9 Å². The number of morpholine rings is 1. The number of carbonyl (C=O) groups excluding carboxylic acids is 1. The number of nitrogens with zero attached hydrogens (tertiary/aromatic N) is 3. The molecule has 11 heteroatoms. The van der Waals surface area contributed by atoms with Crippen LogP contribution in [0.15, 0.2) is 36.7 Å². The number of benzene rings is 2. The molecule has 0 spiro atoms. The lowest BCUT2D eigenvalue weighted by Crippen LogP contribution is -2.45. The summed E-state index contributed by atoms with van der Waals surface area (Å²) in [6.45, 7) is 4.96. The fraction of sp³-hybridized carbons (Fsp3) is 0.423. The van der Waals surface area contributed by atoms with E-state index in [2.05, 4.69) is 15.3 Å². The lowest BCUT2D eigenvalue weighted by atomic mass is 10.1. The number of ether oxygens (including phenoxy) is 4. The van der Waals surface area contributed by atoms with E-state index in [1.54, 1.807) is 6.07 Å². The number of fused-ring (bicyclic) bond motifs is 1. The molecular formula is C26H28ClFN4O5. The topological polar surface area (TPSA) is 95.0 Å². The van der Waals surface area contributed by atoms with Crippen LogP contribution in [0.25, 0.3) is 10.9 Å². The van der Waals surface area contributed by atoms with E-state index in [0.717, 1.165) is 12.8 Å². The van der Waals surface area contributed by atoms with E-state index in [0.29, 0.717) is 66.8 Å². The molecule has 2 aliphatic heterocycles. The maximum absolute atomic E-state index is 13.6. The van der Waals surface area contributed by atoms with Crippen molar-refractivity contribution in [1.29, 1.82) is 0 Å². The summed E-state index contributed by atoms with van der Waals surface area (Å²) in [4.78, 5) is 22.6. The molecule has 0 bridgehead atoms. The molecule has 2 fully saturated rings. The molecule has 196 valence electrons. The van der Waals surface area contributed by atoms with Crippen LogP contribution in [-0.2, 0) is 14.3 Å². The van der Waals surface area contributed by atoms with E-state index in [1.165, 1.54) is 18.5 Å². The average molecular weight is 531 g/mol. The number of hydrogen-bond acceptors (Lipinski definition) is 9.